The Bertz CT molecular complexity index is 376. The lowest BCUT2D eigenvalue weighted by molar-refractivity contribution is -0.137. The van der Waals surface area contributed by atoms with Crippen LogP contribution in [-0.4, -0.2) is 6.29 Å². The highest BCUT2D eigenvalue weighted by Gasteiger charge is 2.33. The zero-order valence-corrected chi connectivity index (χ0v) is 7.49. The van der Waals surface area contributed by atoms with Crippen molar-refractivity contribution in [3.05, 3.63) is 28.3 Å². The minimum absolute atomic E-state index is 0.0528. The molecule has 0 saturated heterocycles. The van der Waals surface area contributed by atoms with E-state index in [2.05, 4.69) is 0 Å². The van der Waals surface area contributed by atoms with E-state index in [0.29, 0.717) is 12.4 Å². The number of rotatable bonds is 1. The molecule has 0 unspecified atom stereocenters. The highest BCUT2D eigenvalue weighted by atomic mass is 35.5. The molecule has 0 bridgehead atoms. The number of nitrogens with two attached hydrogens (primary N) is 1. The normalized spacial score (nSPS) is 11.4. The summed E-state index contributed by atoms with van der Waals surface area (Å²) >= 11 is 5.33. The average molecular weight is 224 g/mol. The molecule has 76 valence electrons. The maximum absolute atomic E-state index is 12.2. The van der Waals surface area contributed by atoms with Crippen molar-refractivity contribution >= 4 is 23.6 Å². The predicted molar refractivity (Wildman–Crippen MR) is 46.3 cm³/mol. The molecule has 0 aliphatic heterocycles. The van der Waals surface area contributed by atoms with E-state index in [1.807, 2.05) is 0 Å². The molecule has 0 heterocycles. The Kier molecular flexibility index (Phi) is 2.71. The number of halogens is 4. The van der Waals surface area contributed by atoms with Crippen molar-refractivity contribution < 1.29 is 18.0 Å². The Morgan fingerprint density at radius 2 is 1.93 bits per heavy atom. The highest BCUT2D eigenvalue weighted by molar-refractivity contribution is 6.31. The van der Waals surface area contributed by atoms with E-state index in [9.17, 15) is 18.0 Å². The largest absolute Gasteiger partial charge is 0.417 e. The van der Waals surface area contributed by atoms with E-state index < -0.39 is 16.8 Å². The van der Waals surface area contributed by atoms with Gasteiger partial charge in [-0.3, -0.25) is 4.79 Å². The van der Waals surface area contributed by atoms with Crippen LogP contribution < -0.4 is 5.73 Å². The fraction of sp³-hybridized carbons (Fsp3) is 0.125. The molecule has 0 fully saturated rings. The molecule has 0 radical (unpaired) electrons. The third-order valence-corrected chi connectivity index (χ3v) is 1.92. The van der Waals surface area contributed by atoms with Crippen molar-refractivity contribution in [3.63, 3.8) is 0 Å². The van der Waals surface area contributed by atoms with Gasteiger partial charge in [-0.05, 0) is 12.1 Å². The van der Waals surface area contributed by atoms with Crippen LogP contribution in [0.4, 0.5) is 18.9 Å². The van der Waals surface area contributed by atoms with Gasteiger partial charge in [-0.1, -0.05) is 11.6 Å². The Morgan fingerprint density at radius 1 is 1.36 bits per heavy atom. The van der Waals surface area contributed by atoms with E-state index in [1.165, 1.54) is 0 Å². The maximum atomic E-state index is 12.2. The quantitative estimate of drug-likeness (QED) is 0.588. The number of carbonyl (C=O) groups is 1. The Balaban J connectivity index is 3.36. The standard InChI is InChI=1S/C8H5ClF3NO/c9-6-1-4(3-14)7(13)2-5(6)8(10,11)12/h1-3H,13H2. The first kappa shape index (κ1) is 10.8. The molecule has 6 heteroatoms. The SMILES string of the molecule is Nc1cc(C(F)(F)F)c(Cl)cc1C=O. The smallest absolute Gasteiger partial charge is 0.398 e. The average Bonchev–Trinajstić information content (AvgIpc) is 2.06. The molecular formula is C8H5ClF3NO. The summed E-state index contributed by atoms with van der Waals surface area (Å²) in [5.74, 6) is 0. The van der Waals surface area contributed by atoms with E-state index >= 15 is 0 Å². The third kappa shape index (κ3) is 1.98. The van der Waals surface area contributed by atoms with Gasteiger partial charge >= 0.3 is 6.18 Å². The molecule has 0 aromatic heterocycles. The van der Waals surface area contributed by atoms with Crippen molar-refractivity contribution in [1.82, 2.24) is 0 Å². The van der Waals surface area contributed by atoms with Crippen LogP contribution in [0.3, 0.4) is 0 Å². The fourth-order valence-corrected chi connectivity index (χ4v) is 1.20. The maximum Gasteiger partial charge on any atom is 0.417 e. The van der Waals surface area contributed by atoms with Crippen molar-refractivity contribution in [1.29, 1.82) is 0 Å². The number of alkyl halides is 3. The van der Waals surface area contributed by atoms with Crippen molar-refractivity contribution in [2.24, 2.45) is 0 Å². The molecule has 0 aliphatic rings. The lowest BCUT2D eigenvalue weighted by Gasteiger charge is -2.10. The number of nitrogen functional groups attached to an aromatic ring is 1. The molecule has 1 aromatic rings. The van der Waals surface area contributed by atoms with Gasteiger partial charge in [0.15, 0.2) is 6.29 Å². The second kappa shape index (κ2) is 3.49. The summed E-state index contributed by atoms with van der Waals surface area (Å²) < 4.78 is 36.7. The fourth-order valence-electron chi connectivity index (χ4n) is 0.925. The van der Waals surface area contributed by atoms with E-state index in [0.717, 1.165) is 6.07 Å². The molecule has 2 nitrogen and oxygen atoms in total. The summed E-state index contributed by atoms with van der Waals surface area (Å²) in [6.45, 7) is 0. The molecule has 14 heavy (non-hydrogen) atoms. The van der Waals surface area contributed by atoms with Crippen LogP contribution in [0.5, 0.6) is 0 Å². The number of anilines is 1. The van der Waals surface area contributed by atoms with Crippen LogP contribution in [-0.2, 0) is 6.18 Å². The summed E-state index contributed by atoms with van der Waals surface area (Å²) in [5.41, 5.74) is 3.88. The highest BCUT2D eigenvalue weighted by Crippen LogP contribution is 2.36. The molecule has 1 rings (SSSR count). The zero-order valence-electron chi connectivity index (χ0n) is 6.73. The summed E-state index contributed by atoms with van der Waals surface area (Å²) in [7, 11) is 0. The summed E-state index contributed by atoms with van der Waals surface area (Å²) in [4.78, 5) is 10.3. The van der Waals surface area contributed by atoms with Gasteiger partial charge in [0.1, 0.15) is 0 Å². The Labute approximate surface area is 82.5 Å². The van der Waals surface area contributed by atoms with Crippen LogP contribution in [0.2, 0.25) is 5.02 Å². The minimum Gasteiger partial charge on any atom is -0.398 e. The molecule has 0 aliphatic carbocycles. The summed E-state index contributed by atoms with van der Waals surface area (Å²) in [6, 6.07) is 1.54. The lowest BCUT2D eigenvalue weighted by atomic mass is 10.1. The van der Waals surface area contributed by atoms with Crippen molar-refractivity contribution in [2.45, 2.75) is 6.18 Å². The summed E-state index contributed by atoms with van der Waals surface area (Å²) in [6.07, 6.45) is -4.21. The molecule has 0 atom stereocenters. The number of benzene rings is 1. The zero-order chi connectivity index (χ0) is 10.9. The lowest BCUT2D eigenvalue weighted by Crippen LogP contribution is -2.08. The second-order valence-electron chi connectivity index (χ2n) is 2.58. The Morgan fingerprint density at radius 3 is 2.36 bits per heavy atom. The van der Waals surface area contributed by atoms with Crippen molar-refractivity contribution in [3.8, 4) is 0 Å². The summed E-state index contributed by atoms with van der Waals surface area (Å²) in [5, 5.41) is -0.534. The van der Waals surface area contributed by atoms with Gasteiger partial charge in [-0.15, -0.1) is 0 Å². The monoisotopic (exact) mass is 223 g/mol. The predicted octanol–water partition coefficient (Wildman–Crippen LogP) is 2.75. The van der Waals surface area contributed by atoms with Gasteiger partial charge < -0.3 is 5.73 Å². The van der Waals surface area contributed by atoms with E-state index in [4.69, 9.17) is 17.3 Å². The molecule has 0 spiro atoms. The number of hydrogen-bond acceptors (Lipinski definition) is 2. The van der Waals surface area contributed by atoms with E-state index in [1.54, 1.807) is 0 Å². The van der Waals surface area contributed by atoms with Gasteiger partial charge in [0.2, 0.25) is 0 Å². The first-order valence-corrected chi connectivity index (χ1v) is 3.85. The van der Waals surface area contributed by atoms with Crippen LogP contribution >= 0.6 is 11.6 Å². The molecular weight excluding hydrogens is 219 g/mol. The van der Waals surface area contributed by atoms with Gasteiger partial charge in [0.05, 0.1) is 10.6 Å². The van der Waals surface area contributed by atoms with E-state index in [-0.39, 0.29) is 11.3 Å². The van der Waals surface area contributed by atoms with Crippen LogP contribution in [0.25, 0.3) is 0 Å². The first-order valence-electron chi connectivity index (χ1n) is 3.47. The van der Waals surface area contributed by atoms with Gasteiger partial charge in [-0.25, -0.2) is 0 Å². The van der Waals surface area contributed by atoms with Crippen LogP contribution in [0.15, 0.2) is 12.1 Å². The van der Waals surface area contributed by atoms with Crippen LogP contribution in [0, 0.1) is 0 Å². The van der Waals surface area contributed by atoms with Crippen molar-refractivity contribution in [2.75, 3.05) is 5.73 Å². The molecule has 0 saturated carbocycles. The molecule has 2 N–H and O–H groups in total. The third-order valence-electron chi connectivity index (χ3n) is 1.61. The van der Waals surface area contributed by atoms with Gasteiger partial charge in [0, 0.05) is 11.3 Å². The second-order valence-corrected chi connectivity index (χ2v) is 2.98. The number of carbonyl (C=O) groups excluding carboxylic acids is 1. The van der Waals surface area contributed by atoms with Gasteiger partial charge in [0.25, 0.3) is 0 Å². The molecule has 0 amide bonds. The number of aldehydes is 1. The molecule has 1 aromatic carbocycles. The minimum atomic E-state index is -4.56. The first-order chi connectivity index (χ1) is 6.36. The number of hydrogen-bond donors (Lipinski definition) is 1. The topological polar surface area (TPSA) is 43.1 Å². The Hall–Kier alpha value is -1.23. The van der Waals surface area contributed by atoms with Crippen LogP contribution in [0.1, 0.15) is 15.9 Å². The van der Waals surface area contributed by atoms with Gasteiger partial charge in [-0.2, -0.15) is 13.2 Å².